The highest BCUT2D eigenvalue weighted by Gasteiger charge is 2.25. The van der Waals surface area contributed by atoms with Gasteiger partial charge < -0.3 is 15.4 Å². The van der Waals surface area contributed by atoms with Crippen LogP contribution in [0.25, 0.3) is 10.2 Å². The van der Waals surface area contributed by atoms with E-state index in [1.165, 1.54) is 4.88 Å². The molecule has 3 heterocycles. The van der Waals surface area contributed by atoms with Gasteiger partial charge in [0.15, 0.2) is 0 Å². The first-order valence-corrected chi connectivity index (χ1v) is 6.87. The first kappa shape index (κ1) is 11.8. The van der Waals surface area contributed by atoms with Crippen LogP contribution in [0.3, 0.4) is 0 Å². The van der Waals surface area contributed by atoms with Gasteiger partial charge in [0.25, 0.3) is 0 Å². The van der Waals surface area contributed by atoms with E-state index in [4.69, 9.17) is 10.5 Å². The number of morpholine rings is 1. The molecule has 1 saturated heterocycles. The number of fused-ring (bicyclic) bond motifs is 1. The Hall–Kier alpha value is -1.24. The lowest BCUT2D eigenvalue weighted by atomic mass is 10.2. The summed E-state index contributed by atoms with van der Waals surface area (Å²) >= 11 is 1.70. The monoisotopic (exact) mass is 264 g/mol. The Morgan fingerprint density at radius 3 is 3.28 bits per heavy atom. The molecule has 5 nitrogen and oxygen atoms in total. The molecule has 0 aliphatic carbocycles. The molecule has 2 aromatic heterocycles. The van der Waals surface area contributed by atoms with Gasteiger partial charge in [0, 0.05) is 18.0 Å². The van der Waals surface area contributed by atoms with Crippen LogP contribution in [-0.4, -0.2) is 42.3 Å². The number of hydrogen-bond acceptors (Lipinski definition) is 6. The summed E-state index contributed by atoms with van der Waals surface area (Å²) < 4.78 is 5.48. The maximum atomic E-state index is 5.82. The van der Waals surface area contributed by atoms with Crippen molar-refractivity contribution in [3.8, 4) is 0 Å². The zero-order valence-corrected chi connectivity index (χ0v) is 11.1. The number of anilines is 1. The van der Waals surface area contributed by atoms with Gasteiger partial charge >= 0.3 is 0 Å². The zero-order valence-electron chi connectivity index (χ0n) is 10.3. The van der Waals surface area contributed by atoms with Gasteiger partial charge in [0.1, 0.15) is 17.0 Å². The summed E-state index contributed by atoms with van der Waals surface area (Å²) in [5.74, 6) is 0.989. The van der Waals surface area contributed by atoms with Crippen molar-refractivity contribution in [1.29, 1.82) is 0 Å². The van der Waals surface area contributed by atoms with Crippen molar-refractivity contribution < 1.29 is 4.74 Å². The summed E-state index contributed by atoms with van der Waals surface area (Å²) in [5.41, 5.74) is 5.82. The van der Waals surface area contributed by atoms with E-state index >= 15 is 0 Å². The van der Waals surface area contributed by atoms with Crippen molar-refractivity contribution in [2.45, 2.75) is 13.0 Å². The van der Waals surface area contributed by atoms with Gasteiger partial charge in [-0.15, -0.1) is 11.3 Å². The average molecular weight is 264 g/mol. The summed E-state index contributed by atoms with van der Waals surface area (Å²) in [6.45, 7) is 4.91. The van der Waals surface area contributed by atoms with Crippen LogP contribution in [0.4, 0.5) is 5.82 Å². The summed E-state index contributed by atoms with van der Waals surface area (Å²) in [6.07, 6.45) is 1.64. The summed E-state index contributed by atoms with van der Waals surface area (Å²) in [6, 6.07) is 2.36. The minimum atomic E-state index is 0.206. The van der Waals surface area contributed by atoms with Crippen molar-refractivity contribution in [3.63, 3.8) is 0 Å². The van der Waals surface area contributed by atoms with E-state index in [9.17, 15) is 0 Å². The van der Waals surface area contributed by atoms with Crippen LogP contribution in [0.1, 0.15) is 4.88 Å². The summed E-state index contributed by atoms with van der Waals surface area (Å²) in [5, 5.41) is 1.13. The maximum absolute atomic E-state index is 5.82. The lowest BCUT2D eigenvalue weighted by Gasteiger charge is -2.35. The molecule has 1 atom stereocenters. The fourth-order valence-electron chi connectivity index (χ4n) is 2.32. The number of thiophene rings is 1. The van der Waals surface area contributed by atoms with E-state index < -0.39 is 0 Å². The largest absolute Gasteiger partial charge is 0.377 e. The molecule has 1 unspecified atom stereocenters. The van der Waals surface area contributed by atoms with Crippen molar-refractivity contribution in [2.75, 3.05) is 31.2 Å². The Labute approximate surface area is 110 Å². The predicted octanol–water partition coefficient (Wildman–Crippen LogP) is 1.16. The van der Waals surface area contributed by atoms with Crippen LogP contribution in [0, 0.1) is 6.92 Å². The van der Waals surface area contributed by atoms with Crippen LogP contribution in [-0.2, 0) is 4.74 Å². The van der Waals surface area contributed by atoms with Crippen LogP contribution >= 0.6 is 11.3 Å². The molecule has 0 saturated carbocycles. The van der Waals surface area contributed by atoms with Gasteiger partial charge in [-0.05, 0) is 13.0 Å². The van der Waals surface area contributed by atoms with E-state index in [0.717, 1.165) is 29.2 Å². The Morgan fingerprint density at radius 2 is 2.44 bits per heavy atom. The predicted molar refractivity (Wildman–Crippen MR) is 73.2 cm³/mol. The fraction of sp³-hybridized carbons (Fsp3) is 0.500. The van der Waals surface area contributed by atoms with Gasteiger partial charge in [-0.1, -0.05) is 0 Å². The molecule has 1 aliphatic rings. The van der Waals surface area contributed by atoms with Crippen molar-refractivity contribution in [3.05, 3.63) is 17.3 Å². The van der Waals surface area contributed by atoms with E-state index in [2.05, 4.69) is 27.9 Å². The molecule has 0 amide bonds. The zero-order chi connectivity index (χ0) is 12.5. The van der Waals surface area contributed by atoms with Crippen LogP contribution in [0.5, 0.6) is 0 Å². The number of rotatable bonds is 2. The third kappa shape index (κ3) is 1.96. The smallest absolute Gasteiger partial charge is 0.141 e. The third-order valence-corrected chi connectivity index (χ3v) is 4.16. The van der Waals surface area contributed by atoms with Gasteiger partial charge in [0.05, 0.1) is 24.6 Å². The second-order valence-electron chi connectivity index (χ2n) is 4.43. The molecule has 1 aliphatic heterocycles. The molecule has 0 aromatic carbocycles. The van der Waals surface area contributed by atoms with Gasteiger partial charge in [0.2, 0.25) is 0 Å². The standard InChI is InChI=1S/C12H16N4OS/c1-8-4-10-11(14-7-15-12(10)18-8)16-2-3-17-6-9(16)5-13/h4,7,9H,2-3,5-6,13H2,1H3. The molecule has 96 valence electrons. The Kier molecular flexibility index (Phi) is 3.15. The molecule has 1 fully saturated rings. The fourth-order valence-corrected chi connectivity index (χ4v) is 3.16. The van der Waals surface area contributed by atoms with E-state index in [1.54, 1.807) is 17.7 Å². The van der Waals surface area contributed by atoms with Crippen LogP contribution in [0.15, 0.2) is 12.4 Å². The summed E-state index contributed by atoms with van der Waals surface area (Å²) in [4.78, 5) is 13.3. The van der Waals surface area contributed by atoms with E-state index in [1.807, 2.05) is 0 Å². The van der Waals surface area contributed by atoms with Gasteiger partial charge in [-0.2, -0.15) is 0 Å². The number of hydrogen-bond donors (Lipinski definition) is 1. The quantitative estimate of drug-likeness (QED) is 0.882. The second kappa shape index (κ2) is 4.79. The second-order valence-corrected chi connectivity index (χ2v) is 5.67. The summed E-state index contributed by atoms with van der Waals surface area (Å²) in [7, 11) is 0. The van der Waals surface area contributed by atoms with E-state index in [-0.39, 0.29) is 6.04 Å². The minimum Gasteiger partial charge on any atom is -0.377 e. The number of nitrogens with zero attached hydrogens (tertiary/aromatic N) is 3. The lowest BCUT2D eigenvalue weighted by Crippen LogP contribution is -2.49. The Balaban J connectivity index is 2.06. The van der Waals surface area contributed by atoms with Crippen LogP contribution in [0.2, 0.25) is 0 Å². The minimum absolute atomic E-state index is 0.206. The van der Waals surface area contributed by atoms with Gasteiger partial charge in [-0.25, -0.2) is 9.97 Å². The van der Waals surface area contributed by atoms with Crippen LogP contribution < -0.4 is 10.6 Å². The molecule has 0 spiro atoms. The number of ether oxygens (including phenoxy) is 1. The first-order chi connectivity index (χ1) is 8.79. The molecular formula is C12H16N4OS. The Bertz CT molecular complexity index is 556. The normalized spacial score (nSPS) is 20.6. The molecule has 6 heteroatoms. The van der Waals surface area contributed by atoms with E-state index in [0.29, 0.717) is 13.2 Å². The third-order valence-electron chi connectivity index (χ3n) is 3.20. The van der Waals surface area contributed by atoms with Gasteiger partial charge in [-0.3, -0.25) is 0 Å². The van der Waals surface area contributed by atoms with Crippen molar-refractivity contribution >= 4 is 27.4 Å². The topological polar surface area (TPSA) is 64.3 Å². The maximum Gasteiger partial charge on any atom is 0.141 e. The SMILES string of the molecule is Cc1cc2c(N3CCOCC3CN)ncnc2s1. The molecule has 0 radical (unpaired) electrons. The first-order valence-electron chi connectivity index (χ1n) is 6.05. The lowest BCUT2D eigenvalue weighted by molar-refractivity contribution is 0.0960. The molecule has 2 aromatic rings. The molecule has 2 N–H and O–H groups in total. The highest BCUT2D eigenvalue weighted by atomic mass is 32.1. The molecule has 3 rings (SSSR count). The molecular weight excluding hydrogens is 248 g/mol. The highest BCUT2D eigenvalue weighted by Crippen LogP contribution is 2.31. The number of aryl methyl sites for hydroxylation is 1. The average Bonchev–Trinajstić information content (AvgIpc) is 2.78. The molecule has 18 heavy (non-hydrogen) atoms. The number of aromatic nitrogens is 2. The van der Waals surface area contributed by atoms with Crippen molar-refractivity contribution in [1.82, 2.24) is 9.97 Å². The number of nitrogens with two attached hydrogens (primary N) is 1. The molecule has 0 bridgehead atoms. The van der Waals surface area contributed by atoms with Crippen molar-refractivity contribution in [2.24, 2.45) is 5.73 Å². The Morgan fingerprint density at radius 1 is 1.56 bits per heavy atom. The highest BCUT2D eigenvalue weighted by molar-refractivity contribution is 7.18.